The summed E-state index contributed by atoms with van der Waals surface area (Å²) in [6, 6.07) is 8.50. The normalized spacial score (nSPS) is 38.6. The van der Waals surface area contributed by atoms with Gasteiger partial charge in [-0.15, -0.1) is 0 Å². The SMILES string of the molecule is Cc1ccc(S[C@@]23OC(=O)C[C@@H]2[C@@H]2C=C[C@H]3C2)cc1. The lowest BCUT2D eigenvalue weighted by Gasteiger charge is -2.34. The Labute approximate surface area is 117 Å². The van der Waals surface area contributed by atoms with Crippen molar-refractivity contribution in [1.29, 1.82) is 0 Å². The molecule has 1 heterocycles. The van der Waals surface area contributed by atoms with Gasteiger partial charge in [-0.2, -0.15) is 0 Å². The number of carbonyl (C=O) groups excluding carboxylic acids is 1. The second-order valence-corrected chi connectivity index (χ2v) is 7.13. The Morgan fingerprint density at radius 1 is 1.26 bits per heavy atom. The molecule has 0 N–H and O–H groups in total. The van der Waals surface area contributed by atoms with Crippen molar-refractivity contribution < 1.29 is 9.53 Å². The summed E-state index contributed by atoms with van der Waals surface area (Å²) in [6.07, 6.45) is 6.27. The number of aryl methyl sites for hydroxylation is 1. The van der Waals surface area contributed by atoms with Gasteiger partial charge in [-0.3, -0.25) is 4.79 Å². The molecule has 3 aliphatic rings. The summed E-state index contributed by atoms with van der Waals surface area (Å²) in [5.41, 5.74) is 1.26. The summed E-state index contributed by atoms with van der Waals surface area (Å²) >= 11 is 1.75. The largest absolute Gasteiger partial charge is 0.447 e. The van der Waals surface area contributed by atoms with Crippen molar-refractivity contribution in [3.63, 3.8) is 0 Å². The van der Waals surface area contributed by atoms with E-state index in [0.29, 0.717) is 24.2 Å². The molecule has 1 aliphatic heterocycles. The van der Waals surface area contributed by atoms with Crippen molar-refractivity contribution in [2.24, 2.45) is 17.8 Å². The fourth-order valence-corrected chi connectivity index (χ4v) is 5.22. The zero-order valence-electron chi connectivity index (χ0n) is 10.8. The summed E-state index contributed by atoms with van der Waals surface area (Å²) in [5, 5.41) is 0. The van der Waals surface area contributed by atoms with Crippen LogP contribution in [0.25, 0.3) is 0 Å². The monoisotopic (exact) mass is 272 g/mol. The molecule has 4 atom stereocenters. The van der Waals surface area contributed by atoms with E-state index in [0.717, 1.165) is 6.42 Å². The highest BCUT2D eigenvalue weighted by molar-refractivity contribution is 8.00. The van der Waals surface area contributed by atoms with E-state index in [1.807, 2.05) is 0 Å². The molecule has 0 unspecified atom stereocenters. The zero-order chi connectivity index (χ0) is 13.0. The van der Waals surface area contributed by atoms with E-state index in [9.17, 15) is 4.79 Å². The van der Waals surface area contributed by atoms with E-state index in [2.05, 4.69) is 43.3 Å². The van der Waals surface area contributed by atoms with Crippen LogP contribution in [0.15, 0.2) is 41.3 Å². The van der Waals surface area contributed by atoms with Crippen molar-refractivity contribution in [3.05, 3.63) is 42.0 Å². The number of hydrogen-bond acceptors (Lipinski definition) is 3. The first kappa shape index (κ1) is 11.6. The predicted octanol–water partition coefficient (Wildman–Crippen LogP) is 3.55. The van der Waals surface area contributed by atoms with E-state index in [-0.39, 0.29) is 10.9 Å². The van der Waals surface area contributed by atoms with Gasteiger partial charge in [-0.05, 0) is 31.4 Å². The van der Waals surface area contributed by atoms with Crippen LogP contribution in [-0.4, -0.2) is 10.9 Å². The number of fused-ring (bicyclic) bond motifs is 5. The Kier molecular flexibility index (Phi) is 2.37. The molecule has 0 aromatic heterocycles. The van der Waals surface area contributed by atoms with E-state index >= 15 is 0 Å². The van der Waals surface area contributed by atoms with Crippen LogP contribution < -0.4 is 0 Å². The number of allylic oxidation sites excluding steroid dienone is 1. The molecule has 4 rings (SSSR count). The van der Waals surface area contributed by atoms with E-state index in [1.54, 1.807) is 11.8 Å². The van der Waals surface area contributed by atoms with Gasteiger partial charge in [-0.1, -0.05) is 41.6 Å². The average Bonchev–Trinajstić information content (AvgIpc) is 3.03. The Morgan fingerprint density at radius 3 is 2.84 bits per heavy atom. The number of ether oxygens (including phenoxy) is 1. The van der Waals surface area contributed by atoms with Gasteiger partial charge in [-0.25, -0.2) is 0 Å². The molecule has 3 heteroatoms. The molecule has 0 amide bonds. The third-order valence-electron chi connectivity index (χ3n) is 4.63. The number of benzene rings is 1. The van der Waals surface area contributed by atoms with Gasteiger partial charge in [0.2, 0.25) is 0 Å². The average molecular weight is 272 g/mol. The van der Waals surface area contributed by atoms with Crippen LogP contribution in [0.2, 0.25) is 0 Å². The van der Waals surface area contributed by atoms with Crippen LogP contribution >= 0.6 is 11.8 Å². The van der Waals surface area contributed by atoms with Gasteiger partial charge in [0.25, 0.3) is 0 Å². The summed E-state index contributed by atoms with van der Waals surface area (Å²) in [7, 11) is 0. The Morgan fingerprint density at radius 2 is 2.05 bits per heavy atom. The molecule has 1 saturated heterocycles. The van der Waals surface area contributed by atoms with Crippen molar-refractivity contribution in [1.82, 2.24) is 0 Å². The number of esters is 1. The first-order valence-corrected chi connectivity index (χ1v) is 7.65. The highest BCUT2D eigenvalue weighted by atomic mass is 32.2. The molecule has 1 aromatic carbocycles. The van der Waals surface area contributed by atoms with Crippen LogP contribution in [0.1, 0.15) is 18.4 Å². The van der Waals surface area contributed by atoms with Crippen LogP contribution in [0.3, 0.4) is 0 Å². The lowest BCUT2D eigenvalue weighted by molar-refractivity contribution is -0.144. The molecule has 1 aromatic rings. The molecule has 0 spiro atoms. The van der Waals surface area contributed by atoms with E-state index in [1.165, 1.54) is 10.5 Å². The number of rotatable bonds is 2. The van der Waals surface area contributed by atoms with Crippen molar-refractivity contribution in [2.45, 2.75) is 29.6 Å². The maximum Gasteiger partial charge on any atom is 0.307 e. The van der Waals surface area contributed by atoms with Crippen molar-refractivity contribution in [2.75, 3.05) is 0 Å². The smallest absolute Gasteiger partial charge is 0.307 e. The minimum Gasteiger partial charge on any atom is -0.447 e. The van der Waals surface area contributed by atoms with Gasteiger partial charge in [0, 0.05) is 16.7 Å². The standard InChI is InChI=1S/C16H16O2S/c1-10-2-6-13(7-3-10)19-16-12-5-4-11(8-12)14(16)9-15(17)18-16/h2-7,11-12,14H,8-9H2,1H3/t11-,12+,14-,16-/m1/s1. The molecule has 2 nitrogen and oxygen atoms in total. The zero-order valence-corrected chi connectivity index (χ0v) is 11.7. The quantitative estimate of drug-likeness (QED) is 0.608. The Bertz CT molecular complexity index is 563. The fourth-order valence-electron chi connectivity index (χ4n) is 3.70. The molecule has 2 aliphatic carbocycles. The highest BCUT2D eigenvalue weighted by Gasteiger charge is 2.63. The fraction of sp³-hybridized carbons (Fsp3) is 0.438. The van der Waals surface area contributed by atoms with Crippen molar-refractivity contribution >= 4 is 17.7 Å². The van der Waals surface area contributed by atoms with Crippen LogP contribution in [0, 0.1) is 24.7 Å². The van der Waals surface area contributed by atoms with Crippen molar-refractivity contribution in [3.8, 4) is 0 Å². The van der Waals surface area contributed by atoms with Gasteiger partial charge < -0.3 is 4.74 Å². The second kappa shape index (κ2) is 3.89. The summed E-state index contributed by atoms with van der Waals surface area (Å²) < 4.78 is 5.81. The van der Waals surface area contributed by atoms with Crippen LogP contribution in [0.5, 0.6) is 0 Å². The van der Waals surface area contributed by atoms with Crippen LogP contribution in [-0.2, 0) is 9.53 Å². The highest BCUT2D eigenvalue weighted by Crippen LogP contribution is 2.63. The minimum absolute atomic E-state index is 0.0250. The maximum absolute atomic E-state index is 11.8. The third kappa shape index (κ3) is 1.61. The third-order valence-corrected chi connectivity index (χ3v) is 6.14. The molecular formula is C16H16O2S. The van der Waals surface area contributed by atoms with Crippen LogP contribution in [0.4, 0.5) is 0 Å². The molecule has 1 saturated carbocycles. The Balaban J connectivity index is 1.69. The molecular weight excluding hydrogens is 256 g/mol. The number of thioether (sulfide) groups is 1. The second-order valence-electron chi connectivity index (χ2n) is 5.81. The predicted molar refractivity (Wildman–Crippen MR) is 74.7 cm³/mol. The molecule has 19 heavy (non-hydrogen) atoms. The summed E-state index contributed by atoms with van der Waals surface area (Å²) in [6.45, 7) is 2.09. The molecule has 2 fully saturated rings. The molecule has 98 valence electrons. The first-order valence-electron chi connectivity index (χ1n) is 6.83. The minimum atomic E-state index is -0.328. The van der Waals surface area contributed by atoms with Gasteiger partial charge in [0.05, 0.1) is 6.42 Å². The molecule has 2 bridgehead atoms. The number of hydrogen-bond donors (Lipinski definition) is 0. The topological polar surface area (TPSA) is 26.3 Å². The summed E-state index contributed by atoms with van der Waals surface area (Å²) in [4.78, 5) is 12.6. The van der Waals surface area contributed by atoms with Gasteiger partial charge in [0.1, 0.15) is 0 Å². The summed E-state index contributed by atoms with van der Waals surface area (Å²) in [5.74, 6) is 1.26. The first-order chi connectivity index (χ1) is 9.17. The molecule has 0 radical (unpaired) electrons. The van der Waals surface area contributed by atoms with Gasteiger partial charge >= 0.3 is 5.97 Å². The lowest BCUT2D eigenvalue weighted by atomic mass is 9.90. The van der Waals surface area contributed by atoms with Gasteiger partial charge in [0.15, 0.2) is 4.93 Å². The Hall–Kier alpha value is -1.22. The van der Waals surface area contributed by atoms with E-state index in [4.69, 9.17) is 4.74 Å². The number of carbonyl (C=O) groups is 1. The van der Waals surface area contributed by atoms with E-state index < -0.39 is 0 Å². The maximum atomic E-state index is 11.8. The lowest BCUT2D eigenvalue weighted by Crippen LogP contribution is -2.35.